The third kappa shape index (κ3) is 6.93. The van der Waals surface area contributed by atoms with E-state index in [9.17, 15) is 9.59 Å². The van der Waals surface area contributed by atoms with Crippen molar-refractivity contribution in [2.75, 3.05) is 30.8 Å². The van der Waals surface area contributed by atoms with E-state index in [4.69, 9.17) is 9.84 Å². The normalized spacial score (nSPS) is 22.0. The number of nitrogens with one attached hydrogen (secondary N) is 1. The van der Waals surface area contributed by atoms with Crippen LogP contribution in [0.25, 0.3) is 0 Å². The maximum absolute atomic E-state index is 12.9. The Kier molecular flexibility index (Phi) is 7.99. The lowest BCUT2D eigenvalue weighted by Gasteiger charge is -2.36. The summed E-state index contributed by atoms with van der Waals surface area (Å²) in [5, 5.41) is 12.2. The molecule has 0 aliphatic heterocycles. The SMILES string of the molecule is CC1CCC(N(CCOCC2CC2)C(=O)Nc2ncc(SCC(=O)O)s2)CC1. The lowest BCUT2D eigenvalue weighted by atomic mass is 9.86. The fourth-order valence-electron chi connectivity index (χ4n) is 3.38. The van der Waals surface area contributed by atoms with Crippen molar-refractivity contribution < 1.29 is 19.4 Å². The predicted molar refractivity (Wildman–Crippen MR) is 111 cm³/mol. The van der Waals surface area contributed by atoms with Gasteiger partial charge in [-0.05, 0) is 50.4 Å². The third-order valence-corrected chi connectivity index (χ3v) is 7.34. The Morgan fingerprint density at radius 3 is 2.75 bits per heavy atom. The van der Waals surface area contributed by atoms with Crippen LogP contribution in [0.2, 0.25) is 0 Å². The topological polar surface area (TPSA) is 91.8 Å². The molecule has 2 N–H and O–H groups in total. The van der Waals surface area contributed by atoms with Crippen LogP contribution in [0.4, 0.5) is 9.93 Å². The van der Waals surface area contributed by atoms with Gasteiger partial charge in [0, 0.05) is 19.2 Å². The van der Waals surface area contributed by atoms with Gasteiger partial charge in [0.2, 0.25) is 0 Å². The molecule has 2 fully saturated rings. The van der Waals surface area contributed by atoms with E-state index in [1.807, 2.05) is 4.90 Å². The zero-order chi connectivity index (χ0) is 19.9. The maximum atomic E-state index is 12.9. The van der Waals surface area contributed by atoms with E-state index in [0.29, 0.717) is 18.3 Å². The molecular weight excluding hydrogens is 398 g/mol. The summed E-state index contributed by atoms with van der Waals surface area (Å²) in [5.41, 5.74) is 0. The molecule has 2 aliphatic rings. The summed E-state index contributed by atoms with van der Waals surface area (Å²) >= 11 is 2.52. The number of carbonyl (C=O) groups excluding carboxylic acids is 1. The molecule has 7 nitrogen and oxygen atoms in total. The van der Waals surface area contributed by atoms with Crippen molar-refractivity contribution >= 4 is 40.2 Å². The Bertz CT molecular complexity index is 657. The number of hydrogen-bond donors (Lipinski definition) is 2. The van der Waals surface area contributed by atoms with Gasteiger partial charge in [-0.1, -0.05) is 18.3 Å². The first-order valence-electron chi connectivity index (χ1n) is 9.97. The second-order valence-electron chi connectivity index (χ2n) is 7.72. The zero-order valence-corrected chi connectivity index (χ0v) is 17.9. The van der Waals surface area contributed by atoms with Gasteiger partial charge in [0.1, 0.15) is 0 Å². The molecule has 0 aromatic carbocycles. The summed E-state index contributed by atoms with van der Waals surface area (Å²) in [6, 6.07) is 0.0975. The minimum absolute atomic E-state index is 0.0136. The van der Waals surface area contributed by atoms with Gasteiger partial charge in [-0.25, -0.2) is 9.78 Å². The molecule has 0 radical (unpaired) electrons. The first-order valence-corrected chi connectivity index (χ1v) is 11.8. The third-order valence-electron chi connectivity index (χ3n) is 5.25. The zero-order valence-electron chi connectivity index (χ0n) is 16.3. The Labute approximate surface area is 174 Å². The highest BCUT2D eigenvalue weighted by molar-refractivity contribution is 8.01. The first kappa shape index (κ1) is 21.4. The maximum Gasteiger partial charge on any atom is 0.323 e. The van der Waals surface area contributed by atoms with Crippen LogP contribution in [-0.4, -0.2) is 58.5 Å². The number of nitrogens with zero attached hydrogens (tertiary/aromatic N) is 2. The summed E-state index contributed by atoms with van der Waals surface area (Å²) in [7, 11) is 0. The summed E-state index contributed by atoms with van der Waals surface area (Å²) in [5.74, 6) is 0.558. The highest BCUT2D eigenvalue weighted by atomic mass is 32.2. The fraction of sp³-hybridized carbons (Fsp3) is 0.737. The van der Waals surface area contributed by atoms with E-state index in [1.165, 1.54) is 35.9 Å². The number of amides is 2. The Morgan fingerprint density at radius 1 is 1.32 bits per heavy atom. The van der Waals surface area contributed by atoms with Crippen molar-refractivity contribution in [2.45, 2.75) is 55.7 Å². The molecule has 0 atom stereocenters. The highest BCUT2D eigenvalue weighted by Gasteiger charge is 2.28. The molecule has 1 aromatic heterocycles. The average Bonchev–Trinajstić information content (AvgIpc) is 3.39. The van der Waals surface area contributed by atoms with Gasteiger partial charge in [0.15, 0.2) is 5.13 Å². The van der Waals surface area contributed by atoms with E-state index in [2.05, 4.69) is 17.2 Å². The molecule has 1 heterocycles. The quantitative estimate of drug-likeness (QED) is 0.430. The summed E-state index contributed by atoms with van der Waals surface area (Å²) in [6.45, 7) is 4.22. The largest absolute Gasteiger partial charge is 0.481 e. The molecule has 0 saturated heterocycles. The molecular formula is C19H29N3O4S2. The number of carboxylic acid groups (broad SMARTS) is 1. The number of carboxylic acids is 1. The number of carbonyl (C=O) groups is 2. The number of aromatic nitrogens is 1. The standard InChI is InChI=1S/C19H29N3O4S2/c1-13-2-6-15(7-3-13)22(8-9-26-11-14-4-5-14)19(25)21-18-20-10-17(28-18)27-12-16(23)24/h10,13-15H,2-9,11-12H2,1H3,(H,23,24)(H,20,21,25). The summed E-state index contributed by atoms with van der Waals surface area (Å²) in [4.78, 5) is 29.7. The van der Waals surface area contributed by atoms with E-state index < -0.39 is 5.97 Å². The Morgan fingerprint density at radius 2 is 2.07 bits per heavy atom. The number of rotatable bonds is 10. The molecule has 2 aliphatic carbocycles. The van der Waals surface area contributed by atoms with Crippen LogP contribution in [0.15, 0.2) is 10.4 Å². The van der Waals surface area contributed by atoms with Gasteiger partial charge >= 0.3 is 12.0 Å². The van der Waals surface area contributed by atoms with E-state index in [0.717, 1.165) is 48.3 Å². The van der Waals surface area contributed by atoms with Crippen molar-refractivity contribution in [1.29, 1.82) is 0 Å². The van der Waals surface area contributed by atoms with Gasteiger partial charge in [-0.3, -0.25) is 10.1 Å². The van der Waals surface area contributed by atoms with Crippen molar-refractivity contribution in [3.8, 4) is 0 Å². The predicted octanol–water partition coefficient (Wildman–Crippen LogP) is 4.16. The molecule has 3 rings (SSSR count). The highest BCUT2D eigenvalue weighted by Crippen LogP contribution is 2.31. The van der Waals surface area contributed by atoms with E-state index in [-0.39, 0.29) is 17.8 Å². The average molecular weight is 428 g/mol. The molecule has 2 saturated carbocycles. The number of hydrogen-bond acceptors (Lipinski definition) is 6. The Hall–Kier alpha value is -1.32. The van der Waals surface area contributed by atoms with Crippen LogP contribution in [0.5, 0.6) is 0 Å². The van der Waals surface area contributed by atoms with Crippen LogP contribution in [0.1, 0.15) is 45.4 Å². The minimum Gasteiger partial charge on any atom is -0.481 e. The molecule has 0 spiro atoms. The molecule has 0 bridgehead atoms. The smallest absolute Gasteiger partial charge is 0.323 e. The van der Waals surface area contributed by atoms with Gasteiger partial charge in [0.05, 0.1) is 22.8 Å². The van der Waals surface area contributed by atoms with E-state index >= 15 is 0 Å². The molecule has 2 amide bonds. The second kappa shape index (κ2) is 10.5. The van der Waals surface area contributed by atoms with Crippen LogP contribution in [-0.2, 0) is 9.53 Å². The van der Waals surface area contributed by atoms with Crippen LogP contribution >= 0.6 is 23.1 Å². The first-order chi connectivity index (χ1) is 13.5. The number of urea groups is 1. The van der Waals surface area contributed by atoms with Crippen LogP contribution in [0, 0.1) is 11.8 Å². The van der Waals surface area contributed by atoms with Gasteiger partial charge in [0.25, 0.3) is 0 Å². The molecule has 28 heavy (non-hydrogen) atoms. The summed E-state index contributed by atoms with van der Waals surface area (Å²) < 4.78 is 6.55. The van der Waals surface area contributed by atoms with Crippen LogP contribution < -0.4 is 5.32 Å². The van der Waals surface area contributed by atoms with Gasteiger partial charge in [-0.2, -0.15) is 0 Å². The van der Waals surface area contributed by atoms with Crippen LogP contribution in [0.3, 0.4) is 0 Å². The lowest BCUT2D eigenvalue weighted by molar-refractivity contribution is -0.133. The number of thioether (sulfide) groups is 1. The molecule has 156 valence electrons. The fourth-order valence-corrected chi connectivity index (χ4v) is 4.96. The van der Waals surface area contributed by atoms with E-state index in [1.54, 1.807) is 6.20 Å². The van der Waals surface area contributed by atoms with Crippen molar-refractivity contribution in [3.63, 3.8) is 0 Å². The number of thiazole rings is 1. The van der Waals surface area contributed by atoms with Crippen molar-refractivity contribution in [2.24, 2.45) is 11.8 Å². The Balaban J connectivity index is 1.54. The number of ether oxygens (including phenoxy) is 1. The lowest BCUT2D eigenvalue weighted by Crippen LogP contribution is -2.46. The number of anilines is 1. The molecule has 9 heteroatoms. The summed E-state index contributed by atoms with van der Waals surface area (Å²) in [6.07, 6.45) is 8.46. The van der Waals surface area contributed by atoms with Crippen molar-refractivity contribution in [3.05, 3.63) is 6.20 Å². The second-order valence-corrected chi connectivity index (χ2v) is 10.0. The minimum atomic E-state index is -0.868. The van der Waals surface area contributed by atoms with Crippen molar-refractivity contribution in [1.82, 2.24) is 9.88 Å². The number of aliphatic carboxylic acids is 1. The monoisotopic (exact) mass is 427 g/mol. The van der Waals surface area contributed by atoms with Gasteiger partial charge in [-0.15, -0.1) is 11.8 Å². The van der Waals surface area contributed by atoms with Gasteiger partial charge < -0.3 is 14.7 Å². The molecule has 1 aromatic rings. The molecule has 0 unspecified atom stereocenters.